The van der Waals surface area contributed by atoms with Crippen molar-refractivity contribution in [1.82, 2.24) is 10.2 Å². The molecule has 0 aliphatic carbocycles. The Kier molecular flexibility index (Phi) is 5.12. The SMILES string of the molecule is CSCC(C)N1C(=O)C(CC(C)C)NC1C. The molecule has 3 atom stereocenters. The first-order valence-corrected chi connectivity index (χ1v) is 7.44. The average molecular weight is 244 g/mol. The number of rotatable bonds is 5. The number of carbonyl (C=O) groups is 1. The summed E-state index contributed by atoms with van der Waals surface area (Å²) in [5, 5.41) is 3.39. The van der Waals surface area contributed by atoms with Crippen LogP contribution < -0.4 is 5.32 Å². The van der Waals surface area contributed by atoms with E-state index < -0.39 is 0 Å². The molecule has 1 N–H and O–H groups in total. The fourth-order valence-electron chi connectivity index (χ4n) is 2.37. The quantitative estimate of drug-likeness (QED) is 0.802. The van der Waals surface area contributed by atoms with Gasteiger partial charge in [-0.15, -0.1) is 0 Å². The van der Waals surface area contributed by atoms with Crippen molar-refractivity contribution in [3.8, 4) is 0 Å². The van der Waals surface area contributed by atoms with Gasteiger partial charge in [-0.05, 0) is 32.4 Å². The zero-order valence-corrected chi connectivity index (χ0v) is 11.8. The van der Waals surface area contributed by atoms with Gasteiger partial charge in [-0.25, -0.2) is 0 Å². The second kappa shape index (κ2) is 5.92. The fraction of sp³-hybridized carbons (Fsp3) is 0.917. The van der Waals surface area contributed by atoms with Crippen molar-refractivity contribution in [2.24, 2.45) is 5.92 Å². The van der Waals surface area contributed by atoms with Crippen LogP contribution in [0.1, 0.15) is 34.1 Å². The first-order chi connectivity index (χ1) is 7.47. The van der Waals surface area contributed by atoms with E-state index in [0.717, 1.165) is 12.2 Å². The van der Waals surface area contributed by atoms with Crippen LogP contribution in [0.3, 0.4) is 0 Å². The molecule has 3 unspecified atom stereocenters. The molecular formula is C12H24N2OS. The molecule has 1 fully saturated rings. The van der Waals surface area contributed by atoms with Gasteiger partial charge < -0.3 is 4.90 Å². The molecule has 1 heterocycles. The predicted octanol–water partition coefficient (Wildman–Crippen LogP) is 1.93. The summed E-state index contributed by atoms with van der Waals surface area (Å²) in [5.74, 6) is 1.85. The maximum atomic E-state index is 12.2. The van der Waals surface area contributed by atoms with Gasteiger partial charge in [0.2, 0.25) is 5.91 Å². The third kappa shape index (κ3) is 3.14. The van der Waals surface area contributed by atoms with Gasteiger partial charge in [0, 0.05) is 11.8 Å². The van der Waals surface area contributed by atoms with E-state index in [-0.39, 0.29) is 18.1 Å². The Balaban J connectivity index is 2.63. The molecule has 1 aliphatic heterocycles. The molecular weight excluding hydrogens is 220 g/mol. The Hall–Kier alpha value is -0.220. The molecule has 16 heavy (non-hydrogen) atoms. The van der Waals surface area contributed by atoms with Crippen LogP contribution in [0.15, 0.2) is 0 Å². The van der Waals surface area contributed by atoms with Crippen molar-refractivity contribution in [3.05, 3.63) is 0 Å². The van der Waals surface area contributed by atoms with Crippen molar-refractivity contribution in [3.63, 3.8) is 0 Å². The third-order valence-corrected chi connectivity index (χ3v) is 3.82. The van der Waals surface area contributed by atoms with E-state index in [1.165, 1.54) is 0 Å². The normalized spacial score (nSPS) is 27.9. The fourth-order valence-corrected chi connectivity index (χ4v) is 3.02. The maximum absolute atomic E-state index is 12.2. The molecule has 0 bridgehead atoms. The molecule has 1 rings (SSSR count). The molecule has 0 spiro atoms. The number of thioether (sulfide) groups is 1. The molecule has 94 valence electrons. The number of hydrogen-bond donors (Lipinski definition) is 1. The molecule has 1 aliphatic rings. The lowest BCUT2D eigenvalue weighted by Gasteiger charge is -2.27. The molecule has 1 saturated heterocycles. The highest BCUT2D eigenvalue weighted by molar-refractivity contribution is 7.98. The summed E-state index contributed by atoms with van der Waals surface area (Å²) >= 11 is 1.79. The van der Waals surface area contributed by atoms with Gasteiger partial charge >= 0.3 is 0 Å². The predicted molar refractivity (Wildman–Crippen MR) is 70.5 cm³/mol. The van der Waals surface area contributed by atoms with Crippen LogP contribution >= 0.6 is 11.8 Å². The topological polar surface area (TPSA) is 32.3 Å². The summed E-state index contributed by atoms with van der Waals surface area (Å²) in [6.07, 6.45) is 3.20. The van der Waals surface area contributed by atoms with Gasteiger partial charge in [0.05, 0.1) is 12.2 Å². The van der Waals surface area contributed by atoms with Gasteiger partial charge in [-0.3, -0.25) is 10.1 Å². The van der Waals surface area contributed by atoms with Gasteiger partial charge in [0.1, 0.15) is 0 Å². The molecule has 1 amide bonds. The smallest absolute Gasteiger partial charge is 0.241 e. The summed E-state index contributed by atoms with van der Waals surface area (Å²) in [7, 11) is 0. The van der Waals surface area contributed by atoms with Crippen LogP contribution in [0, 0.1) is 5.92 Å². The van der Waals surface area contributed by atoms with Crippen LogP contribution in [-0.2, 0) is 4.79 Å². The Morgan fingerprint density at radius 1 is 1.44 bits per heavy atom. The highest BCUT2D eigenvalue weighted by Gasteiger charge is 2.38. The highest BCUT2D eigenvalue weighted by atomic mass is 32.2. The van der Waals surface area contributed by atoms with Crippen molar-refractivity contribution in [2.45, 2.75) is 52.4 Å². The lowest BCUT2D eigenvalue weighted by atomic mass is 10.0. The summed E-state index contributed by atoms with van der Waals surface area (Å²) in [6, 6.07) is 0.349. The lowest BCUT2D eigenvalue weighted by Crippen LogP contribution is -2.42. The van der Waals surface area contributed by atoms with E-state index in [1.807, 2.05) is 4.90 Å². The Bertz CT molecular complexity index is 245. The Morgan fingerprint density at radius 3 is 2.56 bits per heavy atom. The second-order valence-electron chi connectivity index (χ2n) is 5.07. The average Bonchev–Trinajstić information content (AvgIpc) is 2.41. The summed E-state index contributed by atoms with van der Waals surface area (Å²) in [6.45, 7) is 8.53. The maximum Gasteiger partial charge on any atom is 0.241 e. The van der Waals surface area contributed by atoms with Gasteiger partial charge in [0.25, 0.3) is 0 Å². The first-order valence-electron chi connectivity index (χ1n) is 6.04. The number of carbonyl (C=O) groups excluding carboxylic acids is 1. The van der Waals surface area contributed by atoms with Crippen molar-refractivity contribution < 1.29 is 4.79 Å². The zero-order valence-electron chi connectivity index (χ0n) is 11.0. The Labute approximate surface area is 103 Å². The van der Waals surface area contributed by atoms with Crippen LogP contribution in [0.5, 0.6) is 0 Å². The standard InChI is InChI=1S/C12H24N2OS/c1-8(2)6-11-12(15)14(10(4)13-11)9(3)7-16-5/h8-11,13H,6-7H2,1-5H3. The molecule has 3 nitrogen and oxygen atoms in total. The van der Waals surface area contributed by atoms with E-state index in [4.69, 9.17) is 0 Å². The highest BCUT2D eigenvalue weighted by Crippen LogP contribution is 2.20. The van der Waals surface area contributed by atoms with Crippen LogP contribution in [0.4, 0.5) is 0 Å². The number of nitrogens with one attached hydrogen (secondary N) is 1. The van der Waals surface area contributed by atoms with Crippen LogP contribution in [0.25, 0.3) is 0 Å². The number of amides is 1. The van der Waals surface area contributed by atoms with E-state index in [0.29, 0.717) is 12.0 Å². The monoisotopic (exact) mass is 244 g/mol. The zero-order chi connectivity index (χ0) is 12.3. The van der Waals surface area contributed by atoms with E-state index in [9.17, 15) is 4.79 Å². The Morgan fingerprint density at radius 2 is 2.06 bits per heavy atom. The van der Waals surface area contributed by atoms with Gasteiger partial charge in [0.15, 0.2) is 0 Å². The number of nitrogens with zero attached hydrogens (tertiary/aromatic N) is 1. The molecule has 0 saturated carbocycles. The summed E-state index contributed by atoms with van der Waals surface area (Å²) in [5.41, 5.74) is 0. The molecule has 0 aromatic rings. The third-order valence-electron chi connectivity index (χ3n) is 3.00. The summed E-state index contributed by atoms with van der Waals surface area (Å²) < 4.78 is 0. The van der Waals surface area contributed by atoms with Crippen molar-refractivity contribution in [2.75, 3.05) is 12.0 Å². The van der Waals surface area contributed by atoms with Crippen molar-refractivity contribution in [1.29, 1.82) is 0 Å². The minimum absolute atomic E-state index is 0.0271. The molecule has 4 heteroatoms. The minimum atomic E-state index is 0.0271. The summed E-state index contributed by atoms with van der Waals surface area (Å²) in [4.78, 5) is 14.2. The van der Waals surface area contributed by atoms with Gasteiger partial charge in [-0.1, -0.05) is 13.8 Å². The van der Waals surface area contributed by atoms with Crippen LogP contribution in [-0.4, -0.2) is 41.1 Å². The molecule has 0 aromatic heterocycles. The second-order valence-corrected chi connectivity index (χ2v) is 5.99. The van der Waals surface area contributed by atoms with Gasteiger partial charge in [-0.2, -0.15) is 11.8 Å². The minimum Gasteiger partial charge on any atom is -0.323 e. The largest absolute Gasteiger partial charge is 0.323 e. The van der Waals surface area contributed by atoms with Crippen molar-refractivity contribution >= 4 is 17.7 Å². The van der Waals surface area contributed by atoms with E-state index >= 15 is 0 Å². The molecule has 0 radical (unpaired) electrons. The number of hydrogen-bond acceptors (Lipinski definition) is 3. The van der Waals surface area contributed by atoms with E-state index in [2.05, 4.69) is 39.3 Å². The lowest BCUT2D eigenvalue weighted by molar-refractivity contribution is -0.131. The molecule has 0 aromatic carbocycles. The van der Waals surface area contributed by atoms with E-state index in [1.54, 1.807) is 11.8 Å². The van der Waals surface area contributed by atoms with Crippen LogP contribution in [0.2, 0.25) is 0 Å². The first kappa shape index (κ1) is 13.8.